The van der Waals surface area contributed by atoms with Crippen molar-refractivity contribution in [3.05, 3.63) is 236 Å². The number of nitrogens with zero attached hydrogens (tertiary/aromatic N) is 5. The molecule has 0 atom stereocenters. The van der Waals surface area contributed by atoms with Crippen molar-refractivity contribution in [2.24, 2.45) is 20.3 Å². The summed E-state index contributed by atoms with van der Waals surface area (Å²) in [5.74, 6) is 0.648. The molecule has 0 unspecified atom stereocenters. The van der Waals surface area contributed by atoms with E-state index in [1.807, 2.05) is 186 Å². The molecule has 0 bridgehead atoms. The smallest absolute Gasteiger partial charge is 0.791 e. The first kappa shape index (κ1) is 39.0. The minimum atomic E-state index is 0. The van der Waals surface area contributed by atoms with Gasteiger partial charge in [-0.3, -0.25) is 0 Å². The Bertz CT molecular complexity index is 1710. The fraction of sp³-hybridized carbons (Fsp3) is 0. The number of rotatable bonds is 8. The summed E-state index contributed by atoms with van der Waals surface area (Å²) in [4.78, 5) is 14.1. The van der Waals surface area contributed by atoms with Crippen LogP contribution in [0.15, 0.2) is 160 Å². The molecule has 10 radical (unpaired) electrons. The van der Waals surface area contributed by atoms with E-state index in [2.05, 4.69) is 15.3 Å². The zero-order chi connectivity index (χ0) is 34.6. The van der Waals surface area contributed by atoms with Crippen molar-refractivity contribution in [2.75, 3.05) is 0 Å². The first-order valence-electron chi connectivity index (χ1n) is 15.9. The van der Waals surface area contributed by atoms with Crippen LogP contribution in [0.4, 0.5) is 11.6 Å². The van der Waals surface area contributed by atoms with Crippen LogP contribution in [0.5, 0.6) is 0 Å². The van der Waals surface area contributed by atoms with Crippen LogP contribution in [0.1, 0.15) is 22.3 Å². The van der Waals surface area contributed by atoms with Crippen molar-refractivity contribution in [2.45, 2.75) is 0 Å². The topological polar surface area (TPSA) is 108 Å². The number of aliphatic imine (C=N–C) groups is 2. The minimum absolute atomic E-state index is 0. The van der Waals surface area contributed by atoms with E-state index in [-0.39, 0.29) is 37.3 Å². The number of benzene rings is 4. The van der Waals surface area contributed by atoms with Crippen LogP contribution in [0.25, 0.3) is 0 Å². The third-order valence-electron chi connectivity index (χ3n) is 7.10. The monoisotopic (exact) mass is 831 g/mol. The normalized spacial score (nSPS) is 14.7. The average molecular weight is 830 g/mol. The molecule has 2 aliphatic rings. The average Bonchev–Trinajstić information content (AvgIpc) is 3.98. The van der Waals surface area contributed by atoms with Crippen LogP contribution in [-0.4, -0.2) is 27.8 Å². The van der Waals surface area contributed by atoms with E-state index in [0.717, 1.165) is 0 Å². The maximum atomic E-state index is 12.1. The van der Waals surface area contributed by atoms with E-state index >= 15 is 0 Å². The molecule has 7 rings (SSSR count). The minimum Gasteiger partial charge on any atom is -0.791 e. The van der Waals surface area contributed by atoms with Crippen LogP contribution in [0.2, 0.25) is 0 Å². The zero-order valence-electron chi connectivity index (χ0n) is 27.6. The SMILES string of the molecule is [CH]1[CH][CH][CH][CH]1.[CH]1[CH][CH][CH][CH]1.[Hf+4].[O-]/N=C(/C(=Nc1cccc(/N=C(/C(=N/[O-])c2ccccc2)c2ccccc2)n1)c1ccccc1)c1ccccc1. The number of pyridine rings is 1. The van der Waals surface area contributed by atoms with Gasteiger partial charge in [0.15, 0.2) is 11.6 Å². The number of hydrogen-bond donors (Lipinski definition) is 0. The summed E-state index contributed by atoms with van der Waals surface area (Å²) in [6.45, 7) is 0. The van der Waals surface area contributed by atoms with Gasteiger partial charge < -0.3 is 20.7 Å². The number of aromatic nitrogens is 1. The van der Waals surface area contributed by atoms with E-state index in [1.54, 1.807) is 18.2 Å². The van der Waals surface area contributed by atoms with Crippen LogP contribution < -0.4 is 0 Å². The number of hydrogen-bond acceptors (Lipinski definition) is 7. The van der Waals surface area contributed by atoms with Gasteiger partial charge in [-0.25, -0.2) is 15.0 Å². The van der Waals surface area contributed by atoms with Crippen molar-refractivity contribution in [1.82, 2.24) is 4.98 Å². The molecule has 0 spiro atoms. The Hall–Kier alpha value is -4.82. The van der Waals surface area contributed by atoms with Gasteiger partial charge in [-0.15, -0.1) is 0 Å². The molecular formula is C43H33HfN5O2+2. The zero-order valence-corrected chi connectivity index (χ0v) is 31.2. The van der Waals surface area contributed by atoms with E-state index < -0.39 is 0 Å². The summed E-state index contributed by atoms with van der Waals surface area (Å²) in [7, 11) is 0. The molecule has 244 valence electrons. The molecule has 2 fully saturated rings. The Kier molecular flexibility index (Phi) is 16.9. The maximum absolute atomic E-state index is 12.1. The molecular weight excluding hydrogens is 797 g/mol. The van der Waals surface area contributed by atoms with Gasteiger partial charge in [-0.2, -0.15) is 0 Å². The van der Waals surface area contributed by atoms with Gasteiger partial charge in [-0.05, 0) is 76.3 Å². The Balaban J connectivity index is 0.000000455. The molecule has 7 nitrogen and oxygen atoms in total. The van der Waals surface area contributed by atoms with Crippen LogP contribution in [-0.2, 0) is 25.8 Å². The van der Waals surface area contributed by atoms with Crippen LogP contribution in [0.3, 0.4) is 0 Å². The molecule has 0 aliphatic heterocycles. The van der Waals surface area contributed by atoms with Crippen molar-refractivity contribution in [3.63, 3.8) is 0 Å². The van der Waals surface area contributed by atoms with E-state index in [9.17, 15) is 10.4 Å². The van der Waals surface area contributed by atoms with Gasteiger partial charge in [0.2, 0.25) is 0 Å². The van der Waals surface area contributed by atoms with E-state index in [0.29, 0.717) is 45.3 Å². The molecule has 8 heteroatoms. The Labute approximate surface area is 320 Å². The largest absolute Gasteiger partial charge is 4.00 e. The molecule has 2 saturated carbocycles. The van der Waals surface area contributed by atoms with Gasteiger partial charge >= 0.3 is 25.8 Å². The summed E-state index contributed by atoms with van der Waals surface area (Å²) in [6.07, 6.45) is 20.0. The van der Waals surface area contributed by atoms with Crippen molar-refractivity contribution in [1.29, 1.82) is 0 Å². The van der Waals surface area contributed by atoms with Crippen molar-refractivity contribution >= 4 is 34.5 Å². The summed E-state index contributed by atoms with van der Waals surface area (Å²) >= 11 is 0. The second-order valence-electron chi connectivity index (χ2n) is 10.5. The summed E-state index contributed by atoms with van der Waals surface area (Å²) in [5.41, 5.74) is 3.85. The first-order valence-corrected chi connectivity index (χ1v) is 15.9. The fourth-order valence-corrected chi connectivity index (χ4v) is 4.77. The first-order chi connectivity index (χ1) is 24.8. The van der Waals surface area contributed by atoms with E-state index in [1.165, 1.54) is 0 Å². The Morgan fingerprint density at radius 2 is 0.588 bits per heavy atom. The standard InChI is InChI=1S/C33H25N5O2.2C5H5.Hf/c39-37-32(26-18-9-3-10-19-26)30(24-14-5-1-6-15-24)35-28-22-13-23-29(34-28)36-31(25-16-7-2-8-17-25)33(38-40)27-20-11-4-12-21-27;2*1-2-4-5-3-1;/h1-23,39-40H;2*1-5H;/q;;;+4/p-2/b35-30+,36-31?,37-32+,38-33+;;;. The van der Waals surface area contributed by atoms with Crippen molar-refractivity contribution in [3.8, 4) is 0 Å². The molecule has 5 aromatic rings. The third-order valence-corrected chi connectivity index (χ3v) is 7.10. The van der Waals surface area contributed by atoms with Gasteiger partial charge in [-0.1, -0.05) is 127 Å². The molecule has 0 amide bonds. The van der Waals surface area contributed by atoms with Crippen LogP contribution in [0, 0.1) is 74.6 Å². The molecule has 1 aromatic heterocycles. The van der Waals surface area contributed by atoms with Gasteiger partial charge in [0.1, 0.15) is 0 Å². The summed E-state index contributed by atoms with van der Waals surface area (Å²) in [6, 6.07) is 42.2. The van der Waals surface area contributed by atoms with Crippen LogP contribution >= 0.6 is 0 Å². The quantitative estimate of drug-likeness (QED) is 0.0884. The Morgan fingerprint density at radius 1 is 0.333 bits per heavy atom. The van der Waals surface area contributed by atoms with Gasteiger partial charge in [0.25, 0.3) is 0 Å². The second kappa shape index (κ2) is 22.1. The molecule has 2 aliphatic carbocycles. The summed E-state index contributed by atoms with van der Waals surface area (Å²) in [5, 5.41) is 30.8. The van der Waals surface area contributed by atoms with Gasteiger partial charge in [0.05, 0.1) is 22.8 Å². The maximum Gasteiger partial charge on any atom is 4.00 e. The van der Waals surface area contributed by atoms with Crippen molar-refractivity contribution < 1.29 is 25.8 Å². The molecule has 0 saturated heterocycles. The second-order valence-corrected chi connectivity index (χ2v) is 10.5. The van der Waals surface area contributed by atoms with E-state index in [4.69, 9.17) is 9.98 Å². The summed E-state index contributed by atoms with van der Waals surface area (Å²) < 4.78 is 0. The predicted molar refractivity (Wildman–Crippen MR) is 205 cm³/mol. The molecule has 0 N–H and O–H groups in total. The van der Waals surface area contributed by atoms with Gasteiger partial charge in [0, 0.05) is 22.3 Å². The molecule has 51 heavy (non-hydrogen) atoms. The molecule has 1 heterocycles. The Morgan fingerprint density at radius 3 is 0.843 bits per heavy atom. The predicted octanol–water partition coefficient (Wildman–Crippen LogP) is 9.34. The molecule has 4 aromatic carbocycles. The third kappa shape index (κ3) is 12.2. The fourth-order valence-electron chi connectivity index (χ4n) is 4.77.